The average molecular weight is 275 g/mol. The number of pyridine rings is 1. The molecule has 0 aliphatic carbocycles. The minimum Gasteiger partial charge on any atom is -0.478 e. The number of carboxylic acids is 1. The third-order valence-corrected chi connectivity index (χ3v) is 3.53. The first-order valence-corrected chi connectivity index (χ1v) is 6.79. The van der Waals surface area contributed by atoms with E-state index in [0.717, 1.165) is 22.3 Å². The monoisotopic (exact) mass is 275 g/mol. The lowest BCUT2D eigenvalue weighted by molar-refractivity contribution is 0.0697. The van der Waals surface area contributed by atoms with E-state index in [1.807, 2.05) is 24.3 Å². The number of aromatic carboxylic acids is 1. The van der Waals surface area contributed by atoms with E-state index in [2.05, 4.69) is 11.9 Å². The lowest BCUT2D eigenvalue weighted by Gasteiger charge is -2.06. The molecule has 0 saturated carbocycles. The number of rotatable bonds is 4. The summed E-state index contributed by atoms with van der Waals surface area (Å²) in [6.07, 6.45) is 1.44. The Hall–Kier alpha value is -2.01. The van der Waals surface area contributed by atoms with Crippen molar-refractivity contribution < 1.29 is 9.90 Å². The molecule has 0 aliphatic rings. The Labute approximate surface area is 114 Å². The van der Waals surface area contributed by atoms with Crippen molar-refractivity contribution in [3.8, 4) is 11.1 Å². The zero-order chi connectivity index (χ0) is 13.8. The van der Waals surface area contributed by atoms with Crippen LogP contribution in [0.2, 0.25) is 0 Å². The van der Waals surface area contributed by atoms with Crippen molar-refractivity contribution in [2.24, 2.45) is 0 Å². The van der Waals surface area contributed by atoms with E-state index >= 15 is 0 Å². The van der Waals surface area contributed by atoms with Gasteiger partial charge in [0, 0.05) is 22.7 Å². The molecule has 19 heavy (non-hydrogen) atoms. The van der Waals surface area contributed by atoms with Gasteiger partial charge in [-0.15, -0.1) is 11.8 Å². The van der Waals surface area contributed by atoms with Gasteiger partial charge >= 0.3 is 5.97 Å². The van der Waals surface area contributed by atoms with Crippen LogP contribution in [0.1, 0.15) is 17.3 Å². The van der Waals surface area contributed by atoms with Crippen LogP contribution in [0.25, 0.3) is 11.1 Å². The Morgan fingerprint density at radius 2 is 2.00 bits per heavy atom. The maximum Gasteiger partial charge on any atom is 0.336 e. The average Bonchev–Trinajstić information content (AvgIpc) is 2.40. The van der Waals surface area contributed by atoms with Gasteiger partial charge in [-0.25, -0.2) is 4.79 Å². The van der Waals surface area contributed by atoms with Crippen molar-refractivity contribution >= 4 is 17.7 Å². The normalized spacial score (nSPS) is 10.4. The maximum absolute atomic E-state index is 11.2. The Balaban J connectivity index is 2.46. The van der Waals surface area contributed by atoms with Crippen LogP contribution < -0.4 is 5.56 Å². The quantitative estimate of drug-likeness (QED) is 0.842. The molecule has 1 aromatic heterocycles. The number of benzene rings is 1. The van der Waals surface area contributed by atoms with Crippen LogP contribution in [0.15, 0.2) is 46.2 Å². The number of nitrogens with one attached hydrogen (secondary N) is 1. The van der Waals surface area contributed by atoms with Crippen molar-refractivity contribution in [3.63, 3.8) is 0 Å². The first-order valence-electron chi connectivity index (χ1n) is 5.81. The van der Waals surface area contributed by atoms with Gasteiger partial charge in [0.1, 0.15) is 0 Å². The van der Waals surface area contributed by atoms with Crippen LogP contribution in [-0.2, 0) is 0 Å². The highest BCUT2D eigenvalue weighted by atomic mass is 32.2. The number of hydrogen-bond donors (Lipinski definition) is 2. The van der Waals surface area contributed by atoms with Crippen LogP contribution in [-0.4, -0.2) is 21.8 Å². The fraction of sp³-hybridized carbons (Fsp3) is 0.143. The molecule has 0 spiro atoms. The molecule has 98 valence electrons. The zero-order valence-corrected chi connectivity index (χ0v) is 11.2. The summed E-state index contributed by atoms with van der Waals surface area (Å²) in [5.74, 6) is -0.119. The molecule has 0 radical (unpaired) electrons. The Morgan fingerprint density at radius 1 is 1.32 bits per heavy atom. The lowest BCUT2D eigenvalue weighted by Crippen LogP contribution is -2.10. The molecule has 5 heteroatoms. The van der Waals surface area contributed by atoms with Gasteiger partial charge in [-0.05, 0) is 23.4 Å². The second-order valence-corrected chi connectivity index (χ2v) is 5.22. The van der Waals surface area contributed by atoms with Crippen LogP contribution >= 0.6 is 11.8 Å². The lowest BCUT2D eigenvalue weighted by atomic mass is 10.0. The molecular weight excluding hydrogens is 262 g/mol. The molecule has 0 saturated heterocycles. The Bertz CT molecular complexity index is 646. The van der Waals surface area contributed by atoms with E-state index in [4.69, 9.17) is 5.11 Å². The highest BCUT2D eigenvalue weighted by Gasteiger charge is 2.12. The predicted molar refractivity (Wildman–Crippen MR) is 75.9 cm³/mol. The molecular formula is C14H13NO3S. The molecule has 2 rings (SSSR count). The Kier molecular flexibility index (Phi) is 4.06. The summed E-state index contributed by atoms with van der Waals surface area (Å²) in [7, 11) is 0. The summed E-state index contributed by atoms with van der Waals surface area (Å²) in [4.78, 5) is 26.0. The summed E-state index contributed by atoms with van der Waals surface area (Å²) >= 11 is 1.72. The SMILES string of the molecule is CCSc1ccc(-c2c[nH]c(=O)cc2C(=O)O)cc1. The van der Waals surface area contributed by atoms with Crippen LogP contribution in [0, 0.1) is 0 Å². The molecule has 1 heterocycles. The highest BCUT2D eigenvalue weighted by molar-refractivity contribution is 7.99. The molecule has 0 fully saturated rings. The third kappa shape index (κ3) is 3.06. The standard InChI is InChI=1S/C14H13NO3S/c1-2-19-10-5-3-9(4-6-10)12-8-15-13(16)7-11(12)14(17)18/h3-8H,2H2,1H3,(H,15,16)(H,17,18). The third-order valence-electron chi connectivity index (χ3n) is 2.63. The van der Waals surface area contributed by atoms with Gasteiger partial charge in [-0.3, -0.25) is 4.79 Å². The second kappa shape index (κ2) is 5.75. The fourth-order valence-corrected chi connectivity index (χ4v) is 2.45. The summed E-state index contributed by atoms with van der Waals surface area (Å²) < 4.78 is 0. The number of aromatic amines is 1. The fourth-order valence-electron chi connectivity index (χ4n) is 1.78. The molecule has 0 amide bonds. The van der Waals surface area contributed by atoms with Crippen molar-refractivity contribution in [1.29, 1.82) is 0 Å². The van der Waals surface area contributed by atoms with E-state index in [9.17, 15) is 9.59 Å². The van der Waals surface area contributed by atoms with Gasteiger partial charge in [-0.2, -0.15) is 0 Å². The summed E-state index contributed by atoms with van der Waals surface area (Å²) in [6, 6.07) is 8.71. The minimum absolute atomic E-state index is 0.0136. The van der Waals surface area contributed by atoms with Crippen molar-refractivity contribution in [2.75, 3.05) is 5.75 Å². The molecule has 2 aromatic rings. The summed E-state index contributed by atoms with van der Waals surface area (Å²) in [6.45, 7) is 2.07. The van der Waals surface area contributed by atoms with E-state index < -0.39 is 11.5 Å². The molecule has 2 N–H and O–H groups in total. The number of aromatic nitrogens is 1. The number of thioether (sulfide) groups is 1. The van der Waals surface area contributed by atoms with Crippen LogP contribution in [0.4, 0.5) is 0 Å². The van der Waals surface area contributed by atoms with Gasteiger partial charge in [0.25, 0.3) is 0 Å². The van der Waals surface area contributed by atoms with E-state index in [1.54, 1.807) is 11.8 Å². The molecule has 4 nitrogen and oxygen atoms in total. The molecule has 0 bridgehead atoms. The van der Waals surface area contributed by atoms with Crippen LogP contribution in [0.3, 0.4) is 0 Å². The number of H-pyrrole nitrogens is 1. The highest BCUT2D eigenvalue weighted by Crippen LogP contribution is 2.25. The molecule has 0 unspecified atom stereocenters. The van der Waals surface area contributed by atoms with Gasteiger partial charge in [0.05, 0.1) is 5.56 Å². The number of hydrogen-bond acceptors (Lipinski definition) is 3. The predicted octanol–water partition coefficient (Wildman–Crippen LogP) is 2.85. The first kappa shape index (κ1) is 13.4. The van der Waals surface area contributed by atoms with Crippen molar-refractivity contribution in [3.05, 3.63) is 52.4 Å². The van der Waals surface area contributed by atoms with Gasteiger partial charge < -0.3 is 10.1 Å². The van der Waals surface area contributed by atoms with Crippen molar-refractivity contribution in [2.45, 2.75) is 11.8 Å². The minimum atomic E-state index is -1.10. The van der Waals surface area contributed by atoms with Crippen molar-refractivity contribution in [1.82, 2.24) is 4.98 Å². The molecule has 0 aliphatic heterocycles. The first-order chi connectivity index (χ1) is 9.11. The number of carboxylic acid groups (broad SMARTS) is 1. The number of carbonyl (C=O) groups is 1. The van der Waals surface area contributed by atoms with E-state index in [1.165, 1.54) is 6.20 Å². The van der Waals surface area contributed by atoms with Crippen LogP contribution in [0.5, 0.6) is 0 Å². The van der Waals surface area contributed by atoms with Gasteiger partial charge in [0.2, 0.25) is 5.56 Å². The maximum atomic E-state index is 11.2. The Morgan fingerprint density at radius 3 is 2.58 bits per heavy atom. The van der Waals surface area contributed by atoms with E-state index in [0.29, 0.717) is 5.56 Å². The second-order valence-electron chi connectivity index (χ2n) is 3.89. The zero-order valence-electron chi connectivity index (χ0n) is 10.3. The van der Waals surface area contributed by atoms with Gasteiger partial charge in [0.15, 0.2) is 0 Å². The summed E-state index contributed by atoms with van der Waals surface area (Å²) in [5, 5.41) is 9.13. The summed E-state index contributed by atoms with van der Waals surface area (Å²) in [5.41, 5.74) is 0.883. The smallest absolute Gasteiger partial charge is 0.336 e. The molecule has 0 atom stereocenters. The topological polar surface area (TPSA) is 70.2 Å². The molecule has 1 aromatic carbocycles. The van der Waals surface area contributed by atoms with E-state index in [-0.39, 0.29) is 5.56 Å². The largest absolute Gasteiger partial charge is 0.478 e. The van der Waals surface area contributed by atoms with Gasteiger partial charge in [-0.1, -0.05) is 19.1 Å².